The molecule has 2 N–H and O–H groups in total. The Morgan fingerprint density at radius 1 is 1.09 bits per heavy atom. The van der Waals surface area contributed by atoms with Gasteiger partial charge >= 0.3 is 0 Å². The van der Waals surface area contributed by atoms with Crippen LogP contribution in [0.15, 0.2) is 53.4 Å². The molecule has 0 unspecified atom stereocenters. The SMILES string of the molecule is CS(=O)(=O)c1ccc(NC(=S)NC(=O)c2ccccc2I)cc1. The molecule has 23 heavy (non-hydrogen) atoms. The van der Waals surface area contributed by atoms with Gasteiger partial charge in [0.25, 0.3) is 5.91 Å². The molecule has 0 heterocycles. The minimum Gasteiger partial charge on any atom is -0.332 e. The second-order valence-corrected chi connectivity index (χ2v) is 8.27. The Hall–Kier alpha value is -1.52. The maximum atomic E-state index is 12.1. The normalized spacial score (nSPS) is 10.9. The molecular formula is C15H13IN2O3S2. The molecule has 0 spiro atoms. The first-order valence-corrected chi connectivity index (χ1v) is 9.82. The van der Waals surface area contributed by atoms with E-state index in [0.29, 0.717) is 11.3 Å². The Morgan fingerprint density at radius 2 is 1.70 bits per heavy atom. The number of carbonyl (C=O) groups excluding carboxylic acids is 1. The summed E-state index contributed by atoms with van der Waals surface area (Å²) in [6, 6.07) is 13.3. The second kappa shape index (κ2) is 7.37. The number of halogens is 1. The lowest BCUT2D eigenvalue weighted by Crippen LogP contribution is -2.34. The van der Waals surface area contributed by atoms with E-state index in [1.165, 1.54) is 12.1 Å². The van der Waals surface area contributed by atoms with Crippen molar-refractivity contribution in [3.8, 4) is 0 Å². The molecule has 120 valence electrons. The van der Waals surface area contributed by atoms with Crippen molar-refractivity contribution in [2.75, 3.05) is 11.6 Å². The highest BCUT2D eigenvalue weighted by atomic mass is 127. The molecule has 0 saturated carbocycles. The van der Waals surface area contributed by atoms with Gasteiger partial charge in [0.15, 0.2) is 14.9 Å². The zero-order chi connectivity index (χ0) is 17.0. The van der Waals surface area contributed by atoms with Crippen LogP contribution in [0.2, 0.25) is 0 Å². The van der Waals surface area contributed by atoms with Crippen LogP contribution in [0.1, 0.15) is 10.4 Å². The molecule has 1 amide bonds. The van der Waals surface area contributed by atoms with Crippen molar-refractivity contribution in [2.24, 2.45) is 0 Å². The van der Waals surface area contributed by atoms with Crippen LogP contribution < -0.4 is 10.6 Å². The third kappa shape index (κ3) is 4.98. The summed E-state index contributed by atoms with van der Waals surface area (Å²) >= 11 is 7.17. The van der Waals surface area contributed by atoms with Crippen LogP contribution >= 0.6 is 34.8 Å². The van der Waals surface area contributed by atoms with Gasteiger partial charge in [0.2, 0.25) is 0 Å². The number of anilines is 1. The zero-order valence-electron chi connectivity index (χ0n) is 12.0. The van der Waals surface area contributed by atoms with Crippen LogP contribution in [0, 0.1) is 3.57 Å². The summed E-state index contributed by atoms with van der Waals surface area (Å²) in [7, 11) is -3.24. The van der Waals surface area contributed by atoms with Gasteiger partial charge in [-0.05, 0) is 71.2 Å². The molecule has 0 aromatic heterocycles. The van der Waals surface area contributed by atoms with Gasteiger partial charge in [0.1, 0.15) is 0 Å². The predicted octanol–water partition coefficient (Wildman–Crippen LogP) is 2.82. The van der Waals surface area contributed by atoms with Crippen LogP contribution in [0.4, 0.5) is 5.69 Å². The summed E-state index contributed by atoms with van der Waals surface area (Å²) in [5.41, 5.74) is 1.12. The average molecular weight is 460 g/mol. The largest absolute Gasteiger partial charge is 0.332 e. The molecule has 5 nitrogen and oxygen atoms in total. The van der Waals surface area contributed by atoms with Gasteiger partial charge in [-0.3, -0.25) is 10.1 Å². The highest BCUT2D eigenvalue weighted by molar-refractivity contribution is 14.1. The standard InChI is InChI=1S/C15H13IN2O3S2/c1-23(20,21)11-8-6-10(7-9-11)17-15(22)18-14(19)12-4-2-3-5-13(12)16/h2-9H,1H3,(H2,17,18,19,22). The summed E-state index contributed by atoms with van der Waals surface area (Å²) in [4.78, 5) is 12.3. The Kier molecular flexibility index (Phi) is 5.71. The highest BCUT2D eigenvalue weighted by Crippen LogP contribution is 2.14. The number of hydrogen-bond acceptors (Lipinski definition) is 4. The number of thiocarbonyl (C=S) groups is 1. The van der Waals surface area contributed by atoms with E-state index >= 15 is 0 Å². The average Bonchev–Trinajstić information content (AvgIpc) is 2.47. The van der Waals surface area contributed by atoms with Gasteiger partial charge in [-0.2, -0.15) is 0 Å². The van der Waals surface area contributed by atoms with Gasteiger partial charge in [-0.1, -0.05) is 12.1 Å². The van der Waals surface area contributed by atoms with Crippen LogP contribution in [0.25, 0.3) is 0 Å². The lowest BCUT2D eigenvalue weighted by atomic mass is 10.2. The lowest BCUT2D eigenvalue weighted by molar-refractivity contribution is 0.0977. The number of nitrogens with one attached hydrogen (secondary N) is 2. The molecule has 2 aromatic rings. The van der Waals surface area contributed by atoms with Gasteiger partial charge < -0.3 is 5.32 Å². The Balaban J connectivity index is 2.03. The summed E-state index contributed by atoms with van der Waals surface area (Å²) in [6.45, 7) is 0. The minimum atomic E-state index is -3.24. The fraction of sp³-hybridized carbons (Fsp3) is 0.0667. The van der Waals surface area contributed by atoms with Crippen LogP contribution in [0.3, 0.4) is 0 Å². The van der Waals surface area contributed by atoms with Gasteiger partial charge in [0, 0.05) is 15.5 Å². The number of sulfone groups is 1. The maximum absolute atomic E-state index is 12.1. The fourth-order valence-corrected chi connectivity index (χ4v) is 3.24. The first kappa shape index (κ1) is 17.8. The molecule has 0 bridgehead atoms. The molecule has 2 rings (SSSR count). The molecule has 0 aliphatic heterocycles. The molecule has 0 atom stereocenters. The van der Waals surface area contributed by atoms with Crippen molar-refractivity contribution < 1.29 is 13.2 Å². The lowest BCUT2D eigenvalue weighted by Gasteiger charge is -2.10. The topological polar surface area (TPSA) is 75.3 Å². The molecule has 0 aliphatic carbocycles. The molecule has 0 aliphatic rings. The third-order valence-corrected chi connectivity index (χ3v) is 5.16. The van der Waals surface area contributed by atoms with E-state index in [4.69, 9.17) is 12.2 Å². The monoisotopic (exact) mass is 460 g/mol. The zero-order valence-corrected chi connectivity index (χ0v) is 15.8. The Morgan fingerprint density at radius 3 is 2.26 bits per heavy atom. The molecule has 0 saturated heterocycles. The van der Waals surface area contributed by atoms with Crippen molar-refractivity contribution in [2.45, 2.75) is 4.90 Å². The smallest absolute Gasteiger partial charge is 0.258 e. The first-order chi connectivity index (χ1) is 10.8. The predicted molar refractivity (Wildman–Crippen MR) is 102 cm³/mol. The molecule has 2 aromatic carbocycles. The maximum Gasteiger partial charge on any atom is 0.258 e. The van der Waals surface area contributed by atoms with E-state index in [-0.39, 0.29) is 15.9 Å². The molecular weight excluding hydrogens is 447 g/mol. The van der Waals surface area contributed by atoms with E-state index in [9.17, 15) is 13.2 Å². The van der Waals surface area contributed by atoms with Crippen molar-refractivity contribution in [3.63, 3.8) is 0 Å². The fourth-order valence-electron chi connectivity index (χ4n) is 1.76. The van der Waals surface area contributed by atoms with Crippen molar-refractivity contribution >= 4 is 61.4 Å². The van der Waals surface area contributed by atoms with E-state index in [1.54, 1.807) is 24.3 Å². The van der Waals surface area contributed by atoms with E-state index in [0.717, 1.165) is 9.83 Å². The molecule has 8 heteroatoms. The van der Waals surface area contributed by atoms with Crippen molar-refractivity contribution in [1.82, 2.24) is 5.32 Å². The van der Waals surface area contributed by atoms with Crippen LogP contribution in [-0.4, -0.2) is 25.7 Å². The minimum absolute atomic E-state index is 0.141. The molecule has 0 fully saturated rings. The number of hydrogen-bond donors (Lipinski definition) is 2. The number of amides is 1. The molecule has 0 radical (unpaired) electrons. The summed E-state index contributed by atoms with van der Waals surface area (Å²) in [6.07, 6.45) is 1.14. The third-order valence-electron chi connectivity index (χ3n) is 2.89. The number of carbonyl (C=O) groups is 1. The quantitative estimate of drug-likeness (QED) is 0.545. The van der Waals surface area contributed by atoms with Gasteiger partial charge in [-0.25, -0.2) is 8.42 Å². The first-order valence-electron chi connectivity index (χ1n) is 6.44. The summed E-state index contributed by atoms with van der Waals surface area (Å²) in [5, 5.41) is 5.57. The summed E-state index contributed by atoms with van der Waals surface area (Å²) < 4.78 is 23.6. The van der Waals surface area contributed by atoms with E-state index in [1.807, 2.05) is 12.1 Å². The van der Waals surface area contributed by atoms with Crippen LogP contribution in [0.5, 0.6) is 0 Å². The Labute approximate surface area is 153 Å². The van der Waals surface area contributed by atoms with Crippen molar-refractivity contribution in [1.29, 1.82) is 0 Å². The second-order valence-electron chi connectivity index (χ2n) is 4.68. The van der Waals surface area contributed by atoms with E-state index < -0.39 is 9.84 Å². The van der Waals surface area contributed by atoms with Gasteiger partial charge in [0.05, 0.1) is 10.5 Å². The van der Waals surface area contributed by atoms with E-state index in [2.05, 4.69) is 33.2 Å². The van der Waals surface area contributed by atoms with Crippen LogP contribution in [-0.2, 0) is 9.84 Å². The Bertz CT molecular complexity index is 849. The number of benzene rings is 2. The highest BCUT2D eigenvalue weighted by Gasteiger charge is 2.11. The van der Waals surface area contributed by atoms with Crippen molar-refractivity contribution in [3.05, 3.63) is 57.7 Å². The summed E-state index contributed by atoms with van der Waals surface area (Å²) in [5.74, 6) is -0.305. The van der Waals surface area contributed by atoms with Gasteiger partial charge in [-0.15, -0.1) is 0 Å². The number of rotatable bonds is 3.